The second kappa shape index (κ2) is 9.97. The summed E-state index contributed by atoms with van der Waals surface area (Å²) in [5.74, 6) is -0.943. The van der Waals surface area contributed by atoms with Crippen molar-refractivity contribution < 1.29 is 14.0 Å². The molecule has 33 heavy (non-hydrogen) atoms. The smallest absolute Gasteiger partial charge is 0.272 e. The molecule has 0 saturated carbocycles. The summed E-state index contributed by atoms with van der Waals surface area (Å²) in [4.78, 5) is 41.4. The van der Waals surface area contributed by atoms with Crippen molar-refractivity contribution in [2.24, 2.45) is 0 Å². The lowest BCUT2D eigenvalue weighted by Gasteiger charge is -2.13. The minimum atomic E-state index is -0.413. The normalized spacial score (nSPS) is 10.8. The largest absolute Gasteiger partial charge is 0.326 e. The predicted octanol–water partition coefficient (Wildman–Crippen LogP) is 4.33. The zero-order valence-electron chi connectivity index (χ0n) is 17.5. The van der Waals surface area contributed by atoms with E-state index in [1.54, 1.807) is 53.9 Å². The highest BCUT2D eigenvalue weighted by molar-refractivity contribution is 7.99. The highest BCUT2D eigenvalue weighted by Gasteiger charge is 2.16. The standard InChI is InChI=1S/C23H19FN4O3S2/c1-14(29)25-16-6-4-7-17(11-16)26-20(30)13-33-23-27-19-9-10-32-21(19)22(31)28(23)12-15-5-2-3-8-18(15)24/h2-11H,12-13H2,1H3,(H,25,29)(H,26,30). The highest BCUT2D eigenvalue weighted by Crippen LogP contribution is 2.23. The summed E-state index contributed by atoms with van der Waals surface area (Å²) in [6.07, 6.45) is 0. The Hall–Kier alpha value is -3.50. The fraction of sp³-hybridized carbons (Fsp3) is 0.130. The molecule has 2 amide bonds. The second-order valence-electron chi connectivity index (χ2n) is 7.11. The molecule has 0 atom stereocenters. The van der Waals surface area contributed by atoms with Crippen LogP contribution in [0.4, 0.5) is 15.8 Å². The van der Waals surface area contributed by atoms with Crippen LogP contribution in [0.25, 0.3) is 10.2 Å². The van der Waals surface area contributed by atoms with Gasteiger partial charge in [0.2, 0.25) is 11.8 Å². The van der Waals surface area contributed by atoms with Crippen molar-refractivity contribution in [2.45, 2.75) is 18.6 Å². The summed E-state index contributed by atoms with van der Waals surface area (Å²) in [5, 5.41) is 7.53. The summed E-state index contributed by atoms with van der Waals surface area (Å²) in [6.45, 7) is 1.41. The van der Waals surface area contributed by atoms with Crippen molar-refractivity contribution in [3.05, 3.63) is 81.7 Å². The number of thiophene rings is 1. The Morgan fingerprint density at radius 1 is 1.09 bits per heavy atom. The first-order valence-corrected chi connectivity index (χ1v) is 11.8. The number of halogens is 1. The Labute approximate surface area is 196 Å². The number of amides is 2. The molecule has 0 fully saturated rings. The second-order valence-corrected chi connectivity index (χ2v) is 8.97. The van der Waals surface area contributed by atoms with Gasteiger partial charge in [0.15, 0.2) is 5.16 Å². The number of nitrogens with zero attached hydrogens (tertiary/aromatic N) is 2. The van der Waals surface area contributed by atoms with Gasteiger partial charge in [0, 0.05) is 23.9 Å². The van der Waals surface area contributed by atoms with Crippen LogP contribution in [-0.2, 0) is 16.1 Å². The highest BCUT2D eigenvalue weighted by atomic mass is 32.2. The molecule has 0 aliphatic rings. The van der Waals surface area contributed by atoms with Crippen LogP contribution in [0, 0.1) is 5.82 Å². The van der Waals surface area contributed by atoms with Crippen LogP contribution in [0.3, 0.4) is 0 Å². The number of nitrogens with one attached hydrogen (secondary N) is 2. The van der Waals surface area contributed by atoms with Crippen molar-refractivity contribution >= 4 is 56.5 Å². The molecular weight excluding hydrogens is 463 g/mol. The number of anilines is 2. The first kappa shape index (κ1) is 22.7. The maximum atomic E-state index is 14.2. The van der Waals surface area contributed by atoms with Gasteiger partial charge in [-0.25, -0.2) is 9.37 Å². The maximum absolute atomic E-state index is 14.2. The van der Waals surface area contributed by atoms with E-state index in [0.717, 1.165) is 11.8 Å². The van der Waals surface area contributed by atoms with E-state index in [1.165, 1.54) is 28.9 Å². The van der Waals surface area contributed by atoms with Crippen molar-refractivity contribution in [1.82, 2.24) is 9.55 Å². The van der Waals surface area contributed by atoms with Crippen LogP contribution < -0.4 is 16.2 Å². The minimum Gasteiger partial charge on any atom is -0.326 e. The number of aromatic nitrogens is 2. The molecule has 0 bridgehead atoms. The van der Waals surface area contributed by atoms with E-state index in [1.807, 2.05) is 0 Å². The molecule has 0 saturated heterocycles. The van der Waals surface area contributed by atoms with Gasteiger partial charge >= 0.3 is 0 Å². The topological polar surface area (TPSA) is 93.1 Å². The lowest BCUT2D eigenvalue weighted by Crippen LogP contribution is -2.24. The van der Waals surface area contributed by atoms with Crippen LogP contribution in [0.15, 0.2) is 69.9 Å². The Bertz CT molecular complexity index is 1400. The van der Waals surface area contributed by atoms with Gasteiger partial charge in [-0.2, -0.15) is 0 Å². The fourth-order valence-electron chi connectivity index (χ4n) is 3.18. The maximum Gasteiger partial charge on any atom is 0.272 e. The van der Waals surface area contributed by atoms with E-state index in [-0.39, 0.29) is 29.7 Å². The average molecular weight is 483 g/mol. The summed E-state index contributed by atoms with van der Waals surface area (Å²) in [5.41, 5.74) is 1.72. The zero-order chi connectivity index (χ0) is 23.4. The van der Waals surface area contributed by atoms with Crippen molar-refractivity contribution in [2.75, 3.05) is 16.4 Å². The minimum absolute atomic E-state index is 0.00899. The summed E-state index contributed by atoms with van der Waals surface area (Å²) in [6, 6.07) is 14.8. The Kier molecular flexibility index (Phi) is 6.85. The third-order valence-electron chi connectivity index (χ3n) is 4.62. The molecule has 0 aliphatic heterocycles. The van der Waals surface area contributed by atoms with Crippen molar-refractivity contribution in [1.29, 1.82) is 0 Å². The molecule has 0 spiro atoms. The van der Waals surface area contributed by atoms with E-state index >= 15 is 0 Å². The average Bonchev–Trinajstić information content (AvgIpc) is 3.24. The molecule has 2 aromatic carbocycles. The molecule has 2 aromatic heterocycles. The molecule has 4 rings (SSSR count). The van der Waals surface area contributed by atoms with Gasteiger partial charge < -0.3 is 10.6 Å². The van der Waals surface area contributed by atoms with E-state index in [9.17, 15) is 18.8 Å². The lowest BCUT2D eigenvalue weighted by atomic mass is 10.2. The van der Waals surface area contributed by atoms with Gasteiger partial charge in [0.1, 0.15) is 10.5 Å². The molecule has 2 heterocycles. The van der Waals surface area contributed by atoms with Gasteiger partial charge in [-0.3, -0.25) is 19.0 Å². The monoisotopic (exact) mass is 482 g/mol. The lowest BCUT2D eigenvalue weighted by molar-refractivity contribution is -0.114. The summed E-state index contributed by atoms with van der Waals surface area (Å²) < 4.78 is 16.1. The van der Waals surface area contributed by atoms with E-state index < -0.39 is 5.82 Å². The number of carbonyl (C=O) groups is 2. The van der Waals surface area contributed by atoms with Crippen LogP contribution in [0.1, 0.15) is 12.5 Å². The van der Waals surface area contributed by atoms with Gasteiger partial charge in [-0.05, 0) is 35.7 Å². The number of hydrogen-bond acceptors (Lipinski definition) is 6. The van der Waals surface area contributed by atoms with Crippen LogP contribution in [-0.4, -0.2) is 27.1 Å². The van der Waals surface area contributed by atoms with Crippen molar-refractivity contribution in [3.8, 4) is 0 Å². The van der Waals surface area contributed by atoms with Gasteiger partial charge in [-0.1, -0.05) is 36.0 Å². The number of benzene rings is 2. The van der Waals surface area contributed by atoms with E-state index in [2.05, 4.69) is 15.6 Å². The summed E-state index contributed by atoms with van der Waals surface area (Å²) in [7, 11) is 0. The van der Waals surface area contributed by atoms with E-state index in [4.69, 9.17) is 0 Å². The number of rotatable bonds is 7. The third kappa shape index (κ3) is 5.47. The molecule has 168 valence electrons. The van der Waals surface area contributed by atoms with Crippen LogP contribution in [0.2, 0.25) is 0 Å². The Morgan fingerprint density at radius 2 is 1.85 bits per heavy atom. The van der Waals surface area contributed by atoms with Crippen molar-refractivity contribution in [3.63, 3.8) is 0 Å². The zero-order valence-corrected chi connectivity index (χ0v) is 19.1. The molecule has 10 heteroatoms. The quantitative estimate of drug-likeness (QED) is 0.302. The number of carbonyl (C=O) groups excluding carboxylic acids is 2. The SMILES string of the molecule is CC(=O)Nc1cccc(NC(=O)CSc2nc3ccsc3c(=O)n2Cc2ccccc2F)c1. The van der Waals surface area contributed by atoms with E-state index in [0.29, 0.717) is 32.3 Å². The van der Waals surface area contributed by atoms with Gasteiger partial charge in [-0.15, -0.1) is 11.3 Å². The number of hydrogen-bond donors (Lipinski definition) is 2. The molecule has 4 aromatic rings. The third-order valence-corrected chi connectivity index (χ3v) is 6.48. The molecule has 0 aliphatic carbocycles. The first-order chi connectivity index (χ1) is 15.9. The predicted molar refractivity (Wildman–Crippen MR) is 129 cm³/mol. The van der Waals surface area contributed by atoms with Gasteiger partial charge in [0.05, 0.1) is 17.8 Å². The Morgan fingerprint density at radius 3 is 2.61 bits per heavy atom. The molecular formula is C23H19FN4O3S2. The molecule has 7 nitrogen and oxygen atoms in total. The molecule has 0 radical (unpaired) electrons. The first-order valence-electron chi connectivity index (χ1n) is 9.92. The van der Waals surface area contributed by atoms with Crippen LogP contribution in [0.5, 0.6) is 0 Å². The number of thioether (sulfide) groups is 1. The Balaban J connectivity index is 1.54. The van der Waals surface area contributed by atoms with Gasteiger partial charge in [0.25, 0.3) is 5.56 Å². The summed E-state index contributed by atoms with van der Waals surface area (Å²) >= 11 is 2.37. The number of fused-ring (bicyclic) bond motifs is 1. The van der Waals surface area contributed by atoms with Crippen LogP contribution >= 0.6 is 23.1 Å². The molecule has 2 N–H and O–H groups in total. The fourth-order valence-corrected chi connectivity index (χ4v) is 4.75. The molecule has 0 unspecified atom stereocenters.